The van der Waals surface area contributed by atoms with Gasteiger partial charge in [0, 0.05) is 26.2 Å². The molecule has 2 atom stereocenters. The third kappa shape index (κ3) is 6.87. The highest BCUT2D eigenvalue weighted by atomic mass is 15.2. The van der Waals surface area contributed by atoms with Crippen LogP contribution in [0, 0.1) is 18.8 Å². The molecule has 0 aliphatic rings. The summed E-state index contributed by atoms with van der Waals surface area (Å²) in [6, 6.07) is 5.48. The van der Waals surface area contributed by atoms with Gasteiger partial charge in [0.1, 0.15) is 5.82 Å². The molecule has 0 amide bonds. The highest BCUT2D eigenvalue weighted by Gasteiger charge is 2.16. The number of pyridine rings is 1. The zero-order valence-corrected chi connectivity index (χ0v) is 18.1. The fraction of sp³-hybridized carbons (Fsp3) is 0.773. The quantitative estimate of drug-likeness (QED) is 0.524. The van der Waals surface area contributed by atoms with Crippen molar-refractivity contribution in [3.05, 3.63) is 17.8 Å². The molecule has 0 aliphatic carbocycles. The average Bonchev–Trinajstić information content (AvgIpc) is 2.55. The minimum absolute atomic E-state index is 0.517. The Morgan fingerprint density at radius 1 is 0.760 bits per heavy atom. The lowest BCUT2D eigenvalue weighted by Crippen LogP contribution is -2.32. The summed E-state index contributed by atoms with van der Waals surface area (Å²) < 4.78 is 0. The van der Waals surface area contributed by atoms with Crippen LogP contribution < -0.4 is 9.80 Å². The topological polar surface area (TPSA) is 19.4 Å². The van der Waals surface area contributed by atoms with Crippen LogP contribution in [0.4, 0.5) is 11.5 Å². The van der Waals surface area contributed by atoms with Gasteiger partial charge >= 0.3 is 0 Å². The predicted octanol–water partition coefficient (Wildman–Crippen LogP) is 5.91. The number of anilines is 2. The van der Waals surface area contributed by atoms with Crippen LogP contribution in [-0.4, -0.2) is 31.2 Å². The monoisotopic (exact) mass is 347 g/mol. The molecule has 0 saturated heterocycles. The summed E-state index contributed by atoms with van der Waals surface area (Å²) in [5.74, 6) is 2.60. The Balaban J connectivity index is 2.78. The molecule has 1 rings (SSSR count). The Labute approximate surface area is 156 Å². The highest BCUT2D eigenvalue weighted by Crippen LogP contribution is 2.25. The van der Waals surface area contributed by atoms with Crippen molar-refractivity contribution in [1.29, 1.82) is 0 Å². The molecule has 0 fully saturated rings. The third-order valence-electron chi connectivity index (χ3n) is 5.43. The van der Waals surface area contributed by atoms with Gasteiger partial charge in [0.15, 0.2) is 0 Å². The number of aryl methyl sites for hydroxylation is 1. The van der Waals surface area contributed by atoms with Gasteiger partial charge in [-0.15, -0.1) is 0 Å². The van der Waals surface area contributed by atoms with E-state index in [1.165, 1.54) is 31.4 Å². The summed E-state index contributed by atoms with van der Waals surface area (Å²) in [4.78, 5) is 9.61. The molecule has 0 bridgehead atoms. The second-order valence-corrected chi connectivity index (χ2v) is 8.64. The van der Waals surface area contributed by atoms with Crippen LogP contribution >= 0.6 is 0 Å². The van der Waals surface area contributed by atoms with Gasteiger partial charge in [-0.2, -0.15) is 0 Å². The molecule has 0 aromatic carbocycles. The minimum Gasteiger partial charge on any atom is -0.370 e. The van der Waals surface area contributed by atoms with Crippen molar-refractivity contribution in [3.63, 3.8) is 0 Å². The van der Waals surface area contributed by atoms with E-state index in [-0.39, 0.29) is 0 Å². The van der Waals surface area contributed by atoms with Crippen molar-refractivity contribution in [2.24, 2.45) is 11.8 Å². The maximum Gasteiger partial charge on any atom is 0.128 e. The van der Waals surface area contributed by atoms with E-state index in [1.807, 2.05) is 0 Å². The van der Waals surface area contributed by atoms with Crippen molar-refractivity contribution in [2.45, 2.75) is 86.2 Å². The smallest absolute Gasteiger partial charge is 0.128 e. The van der Waals surface area contributed by atoms with E-state index in [9.17, 15) is 0 Å². The van der Waals surface area contributed by atoms with Crippen LogP contribution in [0.5, 0.6) is 0 Å². The highest BCUT2D eigenvalue weighted by molar-refractivity contribution is 5.55. The van der Waals surface area contributed by atoms with E-state index in [0.717, 1.165) is 23.3 Å². The van der Waals surface area contributed by atoms with E-state index in [0.29, 0.717) is 12.1 Å². The molecule has 3 nitrogen and oxygen atoms in total. The van der Waals surface area contributed by atoms with Crippen molar-refractivity contribution in [1.82, 2.24) is 4.98 Å². The molecule has 2 unspecified atom stereocenters. The Kier molecular flexibility index (Phi) is 8.75. The van der Waals surface area contributed by atoms with E-state index in [4.69, 9.17) is 4.98 Å². The van der Waals surface area contributed by atoms with Crippen LogP contribution in [0.2, 0.25) is 0 Å². The standard InChI is InChI=1S/C22H41N3/c1-16(2)10-12-18(5)24(8)21-14-15-22(23-20(21)7)25(9)19(6)13-11-17(3)4/h14-19H,10-13H2,1-9H3. The first kappa shape index (κ1) is 21.8. The molecule has 1 heterocycles. The maximum absolute atomic E-state index is 4.90. The molecule has 0 aliphatic heterocycles. The molecule has 0 radical (unpaired) electrons. The van der Waals surface area contributed by atoms with Gasteiger partial charge in [-0.3, -0.25) is 0 Å². The van der Waals surface area contributed by atoms with Gasteiger partial charge in [0.2, 0.25) is 0 Å². The van der Waals surface area contributed by atoms with Crippen molar-refractivity contribution >= 4 is 11.5 Å². The van der Waals surface area contributed by atoms with Crippen molar-refractivity contribution < 1.29 is 0 Å². The van der Waals surface area contributed by atoms with E-state index >= 15 is 0 Å². The lowest BCUT2D eigenvalue weighted by Gasteiger charge is -2.31. The lowest BCUT2D eigenvalue weighted by atomic mass is 10.0. The molecule has 3 heteroatoms. The normalized spacial score (nSPS) is 14.0. The number of hydrogen-bond acceptors (Lipinski definition) is 3. The van der Waals surface area contributed by atoms with Crippen molar-refractivity contribution in [3.8, 4) is 0 Å². The summed E-state index contributed by atoms with van der Waals surface area (Å²) in [6.45, 7) is 15.9. The van der Waals surface area contributed by atoms with Gasteiger partial charge in [-0.1, -0.05) is 27.7 Å². The van der Waals surface area contributed by atoms with Gasteiger partial charge in [-0.25, -0.2) is 4.98 Å². The van der Waals surface area contributed by atoms with E-state index in [1.54, 1.807) is 0 Å². The van der Waals surface area contributed by atoms with Crippen LogP contribution in [0.3, 0.4) is 0 Å². The summed E-state index contributed by atoms with van der Waals surface area (Å²) >= 11 is 0. The zero-order valence-electron chi connectivity index (χ0n) is 18.1. The maximum atomic E-state index is 4.90. The molecule has 1 aromatic rings. The molecule has 0 spiro atoms. The van der Waals surface area contributed by atoms with Gasteiger partial charge < -0.3 is 9.80 Å². The summed E-state index contributed by atoms with van der Waals surface area (Å²) in [7, 11) is 4.37. The molecular formula is C22H41N3. The van der Waals surface area contributed by atoms with E-state index in [2.05, 4.69) is 84.5 Å². The summed E-state index contributed by atoms with van der Waals surface area (Å²) in [5, 5.41) is 0. The third-order valence-corrected chi connectivity index (χ3v) is 5.43. The summed E-state index contributed by atoms with van der Waals surface area (Å²) in [5.41, 5.74) is 2.38. The van der Waals surface area contributed by atoms with Gasteiger partial charge in [-0.05, 0) is 70.4 Å². The Morgan fingerprint density at radius 2 is 1.24 bits per heavy atom. The van der Waals surface area contributed by atoms with Crippen LogP contribution in [-0.2, 0) is 0 Å². The number of nitrogens with zero attached hydrogens (tertiary/aromatic N) is 3. The van der Waals surface area contributed by atoms with Crippen molar-refractivity contribution in [2.75, 3.05) is 23.9 Å². The first-order valence-electron chi connectivity index (χ1n) is 10.1. The van der Waals surface area contributed by atoms with Crippen LogP contribution in [0.15, 0.2) is 12.1 Å². The molecule has 0 N–H and O–H groups in total. The number of hydrogen-bond donors (Lipinski definition) is 0. The second kappa shape index (κ2) is 10.0. The van der Waals surface area contributed by atoms with Gasteiger partial charge in [0.25, 0.3) is 0 Å². The summed E-state index contributed by atoms with van der Waals surface area (Å²) in [6.07, 6.45) is 4.97. The second-order valence-electron chi connectivity index (χ2n) is 8.64. The number of rotatable bonds is 10. The molecule has 25 heavy (non-hydrogen) atoms. The Hall–Kier alpha value is -1.25. The SMILES string of the molecule is Cc1nc(N(C)C(C)CCC(C)C)ccc1N(C)C(C)CCC(C)C. The van der Waals surface area contributed by atoms with Crippen LogP contribution in [0.25, 0.3) is 0 Å². The van der Waals surface area contributed by atoms with Crippen LogP contribution in [0.1, 0.15) is 72.9 Å². The zero-order chi connectivity index (χ0) is 19.1. The van der Waals surface area contributed by atoms with E-state index < -0.39 is 0 Å². The Bertz CT molecular complexity index is 510. The molecular weight excluding hydrogens is 306 g/mol. The largest absolute Gasteiger partial charge is 0.370 e. The van der Waals surface area contributed by atoms with Gasteiger partial charge in [0.05, 0.1) is 11.4 Å². The molecule has 144 valence electrons. The first-order chi connectivity index (χ1) is 11.6. The fourth-order valence-corrected chi connectivity index (χ4v) is 3.11. The number of aromatic nitrogens is 1. The average molecular weight is 348 g/mol. The molecule has 1 aromatic heterocycles. The molecule has 0 saturated carbocycles. The Morgan fingerprint density at radius 3 is 1.68 bits per heavy atom. The lowest BCUT2D eigenvalue weighted by molar-refractivity contribution is 0.500. The first-order valence-corrected chi connectivity index (χ1v) is 10.1. The fourth-order valence-electron chi connectivity index (χ4n) is 3.11. The minimum atomic E-state index is 0.517. The predicted molar refractivity (Wildman–Crippen MR) is 113 cm³/mol.